The highest BCUT2D eigenvalue weighted by molar-refractivity contribution is 9.11. The molecule has 22 heavy (non-hydrogen) atoms. The summed E-state index contributed by atoms with van der Waals surface area (Å²) in [6.07, 6.45) is 1.51. The Labute approximate surface area is 143 Å². The lowest BCUT2D eigenvalue weighted by molar-refractivity contribution is -0.120. The summed E-state index contributed by atoms with van der Waals surface area (Å²) >= 11 is 6.22. The molecule has 0 aromatic heterocycles. The van der Waals surface area contributed by atoms with Gasteiger partial charge in [-0.2, -0.15) is 5.10 Å². The fourth-order valence-corrected chi connectivity index (χ4v) is 2.86. The van der Waals surface area contributed by atoms with Gasteiger partial charge in [0, 0.05) is 5.56 Å². The van der Waals surface area contributed by atoms with Gasteiger partial charge in [0.25, 0.3) is 0 Å². The minimum absolute atomic E-state index is 0.109. The van der Waals surface area contributed by atoms with Crippen molar-refractivity contribution in [1.29, 1.82) is 0 Å². The maximum atomic E-state index is 11.7. The zero-order chi connectivity index (χ0) is 16.1. The van der Waals surface area contributed by atoms with E-state index < -0.39 is 0 Å². The van der Waals surface area contributed by atoms with Gasteiger partial charge in [-0.25, -0.2) is 5.43 Å². The summed E-state index contributed by atoms with van der Waals surface area (Å²) in [5, 5.41) is 23.3. The number of phenols is 2. The zero-order valence-electron chi connectivity index (χ0n) is 11.3. The lowest BCUT2D eigenvalue weighted by atomic mass is 10.1. The molecule has 0 unspecified atom stereocenters. The van der Waals surface area contributed by atoms with Crippen molar-refractivity contribution in [2.45, 2.75) is 6.42 Å². The second-order valence-electron chi connectivity index (χ2n) is 4.41. The summed E-state index contributed by atoms with van der Waals surface area (Å²) in [6.45, 7) is 0. The highest BCUT2D eigenvalue weighted by Crippen LogP contribution is 2.40. The largest absolute Gasteiger partial charge is 0.506 e. The summed E-state index contributed by atoms with van der Waals surface area (Å²) < 4.78 is 0.549. The molecule has 0 heterocycles. The predicted molar refractivity (Wildman–Crippen MR) is 91.1 cm³/mol. The number of amides is 1. The average Bonchev–Trinajstić information content (AvgIpc) is 2.51. The Hall–Kier alpha value is -1.86. The molecule has 0 saturated carbocycles. The number of hydrogen-bond donors (Lipinski definition) is 3. The van der Waals surface area contributed by atoms with Gasteiger partial charge in [-0.1, -0.05) is 30.3 Å². The molecule has 0 aliphatic rings. The third kappa shape index (κ3) is 4.08. The first-order chi connectivity index (χ1) is 10.5. The molecule has 0 aliphatic heterocycles. The fraction of sp³-hybridized carbons (Fsp3) is 0.0667. The normalized spacial score (nSPS) is 10.8. The monoisotopic (exact) mass is 426 g/mol. The summed E-state index contributed by atoms with van der Waals surface area (Å²) in [5.74, 6) is -0.539. The zero-order valence-corrected chi connectivity index (χ0v) is 14.4. The van der Waals surface area contributed by atoms with Crippen LogP contribution in [0.15, 0.2) is 50.4 Å². The van der Waals surface area contributed by atoms with Crippen LogP contribution in [0.1, 0.15) is 11.1 Å². The van der Waals surface area contributed by atoms with E-state index in [2.05, 4.69) is 42.4 Å². The molecule has 2 aromatic rings. The molecule has 1 amide bonds. The third-order valence-electron chi connectivity index (χ3n) is 2.80. The number of halogens is 2. The van der Waals surface area contributed by atoms with Gasteiger partial charge in [-0.15, -0.1) is 0 Å². The van der Waals surface area contributed by atoms with Crippen molar-refractivity contribution in [3.05, 3.63) is 56.5 Å². The van der Waals surface area contributed by atoms with Crippen LogP contribution in [-0.4, -0.2) is 22.3 Å². The van der Waals surface area contributed by atoms with Crippen LogP contribution < -0.4 is 5.43 Å². The molecule has 2 aromatic carbocycles. The van der Waals surface area contributed by atoms with E-state index in [-0.39, 0.29) is 28.3 Å². The van der Waals surface area contributed by atoms with Crippen LogP contribution >= 0.6 is 31.9 Å². The minimum atomic E-state index is -0.265. The van der Waals surface area contributed by atoms with Crippen LogP contribution in [0.4, 0.5) is 0 Å². The fourth-order valence-electron chi connectivity index (χ4n) is 1.71. The van der Waals surface area contributed by atoms with Crippen molar-refractivity contribution in [3.8, 4) is 11.5 Å². The van der Waals surface area contributed by atoms with Crippen molar-refractivity contribution < 1.29 is 15.0 Å². The van der Waals surface area contributed by atoms with Gasteiger partial charge in [0.2, 0.25) is 5.91 Å². The number of phenolic OH excluding ortho intramolecular Hbond substituents is 2. The Bertz CT molecular complexity index is 718. The predicted octanol–water partition coefficient (Wildman–Crippen LogP) is 3.32. The Balaban J connectivity index is 2.03. The number of hydrazone groups is 1. The quantitative estimate of drug-likeness (QED) is 0.517. The SMILES string of the molecule is O=C(Cc1ccccc1)N/N=C\c1cc(Br)c(O)c(Br)c1O. The number of nitrogens with zero attached hydrogens (tertiary/aromatic N) is 1. The standard InChI is InChI=1S/C15H12Br2N2O3/c16-11-7-10(14(21)13(17)15(11)22)8-18-19-12(20)6-9-4-2-1-3-5-9/h1-5,7-8,21-22H,6H2,(H,19,20)/b18-8-. The number of benzene rings is 2. The summed E-state index contributed by atoms with van der Waals surface area (Å²) in [7, 11) is 0. The van der Waals surface area contributed by atoms with E-state index in [4.69, 9.17) is 0 Å². The Morgan fingerprint density at radius 2 is 1.86 bits per heavy atom. The molecule has 2 rings (SSSR count). The molecule has 114 valence electrons. The van der Waals surface area contributed by atoms with E-state index in [1.165, 1.54) is 12.3 Å². The Kier molecular flexibility index (Phi) is 5.57. The molecule has 7 heteroatoms. The van der Waals surface area contributed by atoms with Crippen LogP contribution in [0.2, 0.25) is 0 Å². The lowest BCUT2D eigenvalue weighted by Gasteiger charge is -2.06. The Morgan fingerprint density at radius 1 is 1.18 bits per heavy atom. The molecule has 0 saturated heterocycles. The van der Waals surface area contributed by atoms with Gasteiger partial charge in [0.15, 0.2) is 0 Å². The molecule has 3 N–H and O–H groups in total. The van der Waals surface area contributed by atoms with E-state index in [0.717, 1.165) is 5.56 Å². The van der Waals surface area contributed by atoms with Crippen molar-refractivity contribution in [3.63, 3.8) is 0 Å². The average molecular weight is 428 g/mol. The number of nitrogens with one attached hydrogen (secondary N) is 1. The smallest absolute Gasteiger partial charge is 0.244 e. The maximum Gasteiger partial charge on any atom is 0.244 e. The first-order valence-corrected chi connectivity index (χ1v) is 7.83. The van der Waals surface area contributed by atoms with Gasteiger partial charge < -0.3 is 10.2 Å². The number of rotatable bonds is 4. The molecule has 0 fully saturated rings. The van der Waals surface area contributed by atoms with Crippen molar-refractivity contribution in [1.82, 2.24) is 5.43 Å². The van der Waals surface area contributed by atoms with E-state index >= 15 is 0 Å². The van der Waals surface area contributed by atoms with E-state index in [1.54, 1.807) is 0 Å². The molecular weight excluding hydrogens is 416 g/mol. The number of carbonyl (C=O) groups is 1. The molecule has 0 aliphatic carbocycles. The molecule has 0 spiro atoms. The number of carbonyl (C=O) groups excluding carboxylic acids is 1. The van der Waals surface area contributed by atoms with Crippen LogP contribution in [0.3, 0.4) is 0 Å². The van der Waals surface area contributed by atoms with Gasteiger partial charge in [0.1, 0.15) is 16.0 Å². The second-order valence-corrected chi connectivity index (χ2v) is 6.06. The highest BCUT2D eigenvalue weighted by atomic mass is 79.9. The maximum absolute atomic E-state index is 11.7. The molecule has 0 atom stereocenters. The van der Waals surface area contributed by atoms with Crippen molar-refractivity contribution in [2.24, 2.45) is 5.10 Å². The van der Waals surface area contributed by atoms with E-state index in [9.17, 15) is 15.0 Å². The van der Waals surface area contributed by atoms with Crippen LogP contribution in [0.5, 0.6) is 11.5 Å². The van der Waals surface area contributed by atoms with Gasteiger partial charge in [-0.3, -0.25) is 4.79 Å². The van der Waals surface area contributed by atoms with Crippen LogP contribution in [0.25, 0.3) is 0 Å². The molecule has 0 bridgehead atoms. The topological polar surface area (TPSA) is 81.9 Å². The molecular formula is C15H12Br2N2O3. The van der Waals surface area contributed by atoms with Gasteiger partial charge >= 0.3 is 0 Å². The number of hydrogen-bond acceptors (Lipinski definition) is 4. The summed E-state index contributed by atoms with van der Waals surface area (Å²) in [4.78, 5) is 11.7. The summed E-state index contributed by atoms with van der Waals surface area (Å²) in [5.41, 5.74) is 3.61. The summed E-state index contributed by atoms with van der Waals surface area (Å²) in [6, 6.07) is 10.8. The minimum Gasteiger partial charge on any atom is -0.506 e. The lowest BCUT2D eigenvalue weighted by Crippen LogP contribution is -2.19. The first kappa shape index (κ1) is 16.5. The molecule has 5 nitrogen and oxygen atoms in total. The van der Waals surface area contributed by atoms with Crippen molar-refractivity contribution >= 4 is 44.0 Å². The highest BCUT2D eigenvalue weighted by Gasteiger charge is 2.12. The van der Waals surface area contributed by atoms with Gasteiger partial charge in [0.05, 0.1) is 17.1 Å². The Morgan fingerprint density at radius 3 is 2.55 bits per heavy atom. The third-order valence-corrected chi connectivity index (χ3v) is 4.15. The van der Waals surface area contributed by atoms with Crippen molar-refractivity contribution in [2.75, 3.05) is 0 Å². The first-order valence-electron chi connectivity index (χ1n) is 6.24. The van der Waals surface area contributed by atoms with Crippen LogP contribution in [-0.2, 0) is 11.2 Å². The van der Waals surface area contributed by atoms with E-state index in [0.29, 0.717) is 10.0 Å². The molecule has 0 radical (unpaired) electrons. The second kappa shape index (κ2) is 7.42. The van der Waals surface area contributed by atoms with Gasteiger partial charge in [-0.05, 0) is 43.5 Å². The number of aromatic hydroxyl groups is 2. The van der Waals surface area contributed by atoms with Crippen LogP contribution in [0, 0.1) is 0 Å². The van der Waals surface area contributed by atoms with E-state index in [1.807, 2.05) is 30.3 Å².